The number of rotatable bonds is 4. The minimum Gasteiger partial charge on any atom is -0.350 e. The summed E-state index contributed by atoms with van der Waals surface area (Å²) >= 11 is 6.04. The van der Waals surface area contributed by atoms with E-state index in [-0.39, 0.29) is 29.3 Å². The van der Waals surface area contributed by atoms with Gasteiger partial charge in [0.2, 0.25) is 11.8 Å². The van der Waals surface area contributed by atoms with Crippen molar-refractivity contribution < 1.29 is 14.0 Å². The first-order valence-corrected chi connectivity index (χ1v) is 9.36. The largest absolute Gasteiger partial charge is 0.350 e. The Bertz CT molecular complexity index is 869. The summed E-state index contributed by atoms with van der Waals surface area (Å²) in [6.45, 7) is 4.33. The molecule has 1 unspecified atom stereocenters. The van der Waals surface area contributed by atoms with E-state index in [9.17, 15) is 14.0 Å². The van der Waals surface area contributed by atoms with Crippen LogP contribution in [-0.4, -0.2) is 23.3 Å². The standard InChI is InChI=1S/C21H22ClFN2O2/c1-13(2)21(27)25-10-9-14-5-3-4-6-17(14)19(25)20(26)24-12-15-7-8-16(23)11-18(15)22/h3-8,11,13,19H,9-10,12H2,1-2H3,(H,24,26). The van der Waals surface area contributed by atoms with E-state index in [1.807, 2.05) is 38.1 Å². The Morgan fingerprint density at radius 3 is 2.70 bits per heavy atom. The third kappa shape index (κ3) is 4.14. The normalized spacial score (nSPS) is 16.2. The molecule has 0 saturated carbocycles. The van der Waals surface area contributed by atoms with Crippen LogP contribution in [0.1, 0.15) is 36.6 Å². The van der Waals surface area contributed by atoms with Crippen LogP contribution in [0.4, 0.5) is 4.39 Å². The number of fused-ring (bicyclic) bond motifs is 1. The molecule has 0 saturated heterocycles. The maximum Gasteiger partial charge on any atom is 0.247 e. The molecule has 0 bridgehead atoms. The highest BCUT2D eigenvalue weighted by Gasteiger charge is 2.36. The molecule has 2 amide bonds. The van der Waals surface area contributed by atoms with Crippen LogP contribution in [-0.2, 0) is 22.6 Å². The van der Waals surface area contributed by atoms with E-state index in [1.165, 1.54) is 12.1 Å². The van der Waals surface area contributed by atoms with Gasteiger partial charge in [-0.05, 0) is 35.2 Å². The lowest BCUT2D eigenvalue weighted by Gasteiger charge is -2.37. The summed E-state index contributed by atoms with van der Waals surface area (Å²) in [5.74, 6) is -0.942. The molecule has 1 atom stereocenters. The SMILES string of the molecule is CC(C)C(=O)N1CCc2ccccc2C1C(=O)NCc1ccc(F)cc1Cl. The van der Waals surface area contributed by atoms with Crippen molar-refractivity contribution in [3.63, 3.8) is 0 Å². The van der Waals surface area contributed by atoms with Crippen molar-refractivity contribution in [3.8, 4) is 0 Å². The Balaban J connectivity index is 1.85. The first kappa shape index (κ1) is 19.4. The third-order valence-electron chi connectivity index (χ3n) is 4.78. The van der Waals surface area contributed by atoms with Gasteiger partial charge in [-0.15, -0.1) is 0 Å². The van der Waals surface area contributed by atoms with Gasteiger partial charge in [0, 0.05) is 24.0 Å². The molecule has 2 aromatic rings. The zero-order chi connectivity index (χ0) is 19.6. The second kappa shape index (κ2) is 8.09. The van der Waals surface area contributed by atoms with E-state index in [2.05, 4.69) is 5.32 Å². The number of carbonyl (C=O) groups is 2. The Morgan fingerprint density at radius 2 is 2.00 bits per heavy atom. The molecule has 27 heavy (non-hydrogen) atoms. The summed E-state index contributed by atoms with van der Waals surface area (Å²) in [5, 5.41) is 3.11. The Labute approximate surface area is 163 Å². The van der Waals surface area contributed by atoms with E-state index in [0.717, 1.165) is 17.5 Å². The monoisotopic (exact) mass is 388 g/mol. The highest BCUT2D eigenvalue weighted by atomic mass is 35.5. The Hall–Kier alpha value is -2.40. The molecule has 0 fully saturated rings. The fourth-order valence-corrected chi connectivity index (χ4v) is 3.60. The molecule has 4 nitrogen and oxygen atoms in total. The van der Waals surface area contributed by atoms with Crippen LogP contribution in [0.2, 0.25) is 5.02 Å². The van der Waals surface area contributed by atoms with E-state index in [1.54, 1.807) is 11.0 Å². The lowest BCUT2D eigenvalue weighted by atomic mass is 9.91. The number of hydrogen-bond acceptors (Lipinski definition) is 2. The van der Waals surface area contributed by atoms with Crippen LogP contribution < -0.4 is 5.32 Å². The Kier molecular flexibility index (Phi) is 5.80. The average molecular weight is 389 g/mol. The van der Waals surface area contributed by atoms with Crippen LogP contribution in [0.15, 0.2) is 42.5 Å². The second-order valence-electron chi connectivity index (χ2n) is 6.99. The van der Waals surface area contributed by atoms with Crippen molar-refractivity contribution in [2.75, 3.05) is 6.54 Å². The highest BCUT2D eigenvalue weighted by molar-refractivity contribution is 6.31. The number of carbonyl (C=O) groups excluding carboxylic acids is 2. The average Bonchev–Trinajstić information content (AvgIpc) is 2.65. The van der Waals surface area contributed by atoms with Gasteiger partial charge in [0.1, 0.15) is 11.9 Å². The van der Waals surface area contributed by atoms with E-state index in [4.69, 9.17) is 11.6 Å². The van der Waals surface area contributed by atoms with E-state index < -0.39 is 11.9 Å². The van der Waals surface area contributed by atoms with Crippen LogP contribution in [0.5, 0.6) is 0 Å². The molecule has 1 heterocycles. The maximum atomic E-state index is 13.2. The van der Waals surface area contributed by atoms with Crippen molar-refractivity contribution in [1.82, 2.24) is 10.2 Å². The Morgan fingerprint density at radius 1 is 1.26 bits per heavy atom. The van der Waals surface area contributed by atoms with Gasteiger partial charge in [-0.2, -0.15) is 0 Å². The second-order valence-corrected chi connectivity index (χ2v) is 7.40. The van der Waals surface area contributed by atoms with Gasteiger partial charge in [0.05, 0.1) is 0 Å². The summed E-state index contributed by atoms with van der Waals surface area (Å²) in [7, 11) is 0. The number of benzene rings is 2. The molecule has 0 aliphatic carbocycles. The quantitative estimate of drug-likeness (QED) is 0.864. The highest BCUT2D eigenvalue weighted by Crippen LogP contribution is 2.31. The van der Waals surface area contributed by atoms with E-state index in [0.29, 0.717) is 12.1 Å². The van der Waals surface area contributed by atoms with Gasteiger partial charge in [0.15, 0.2) is 0 Å². The molecule has 1 aliphatic heterocycles. The first-order chi connectivity index (χ1) is 12.9. The van der Waals surface area contributed by atoms with Gasteiger partial charge < -0.3 is 10.2 Å². The zero-order valence-electron chi connectivity index (χ0n) is 15.3. The minimum absolute atomic E-state index is 0.0514. The lowest BCUT2D eigenvalue weighted by molar-refractivity contribution is -0.143. The van der Waals surface area contributed by atoms with Gasteiger partial charge in [-0.3, -0.25) is 9.59 Å². The number of nitrogens with one attached hydrogen (secondary N) is 1. The van der Waals surface area contributed by atoms with Crippen LogP contribution >= 0.6 is 11.6 Å². The van der Waals surface area contributed by atoms with Crippen molar-refractivity contribution >= 4 is 23.4 Å². The zero-order valence-corrected chi connectivity index (χ0v) is 16.1. The van der Waals surface area contributed by atoms with Crippen molar-refractivity contribution in [3.05, 3.63) is 70.0 Å². The molecule has 0 spiro atoms. The summed E-state index contributed by atoms with van der Waals surface area (Å²) in [6.07, 6.45) is 0.724. The van der Waals surface area contributed by atoms with Crippen molar-refractivity contribution in [2.45, 2.75) is 32.9 Å². The van der Waals surface area contributed by atoms with Gasteiger partial charge in [-0.1, -0.05) is 55.8 Å². The van der Waals surface area contributed by atoms with Crippen molar-refractivity contribution in [1.29, 1.82) is 0 Å². The molecule has 0 radical (unpaired) electrons. The third-order valence-corrected chi connectivity index (χ3v) is 5.13. The topological polar surface area (TPSA) is 49.4 Å². The number of amides is 2. The first-order valence-electron chi connectivity index (χ1n) is 8.98. The molecule has 3 rings (SSSR count). The molecule has 2 aromatic carbocycles. The molecule has 1 aliphatic rings. The van der Waals surface area contributed by atoms with Gasteiger partial charge in [0.25, 0.3) is 0 Å². The van der Waals surface area contributed by atoms with Crippen LogP contribution in [0, 0.1) is 11.7 Å². The minimum atomic E-state index is -0.677. The molecule has 0 aromatic heterocycles. The lowest BCUT2D eigenvalue weighted by Crippen LogP contribution is -2.48. The van der Waals surface area contributed by atoms with Gasteiger partial charge in [-0.25, -0.2) is 4.39 Å². The predicted molar refractivity (Wildman–Crippen MR) is 103 cm³/mol. The van der Waals surface area contributed by atoms with Crippen molar-refractivity contribution in [2.24, 2.45) is 5.92 Å². The molecule has 142 valence electrons. The summed E-state index contributed by atoms with van der Waals surface area (Å²) in [5.41, 5.74) is 2.54. The number of hydrogen-bond donors (Lipinski definition) is 1. The molecule has 1 N–H and O–H groups in total. The van der Waals surface area contributed by atoms with Crippen LogP contribution in [0.3, 0.4) is 0 Å². The van der Waals surface area contributed by atoms with E-state index >= 15 is 0 Å². The number of nitrogens with zero attached hydrogens (tertiary/aromatic N) is 1. The fourth-order valence-electron chi connectivity index (χ4n) is 3.36. The smallest absolute Gasteiger partial charge is 0.247 e. The fraction of sp³-hybridized carbons (Fsp3) is 0.333. The summed E-state index contributed by atoms with van der Waals surface area (Å²) in [6, 6.07) is 11.1. The summed E-state index contributed by atoms with van der Waals surface area (Å²) in [4.78, 5) is 27.3. The molecule has 6 heteroatoms. The summed E-state index contributed by atoms with van der Waals surface area (Å²) < 4.78 is 13.2. The molecular formula is C21H22ClFN2O2. The van der Waals surface area contributed by atoms with Gasteiger partial charge >= 0.3 is 0 Å². The van der Waals surface area contributed by atoms with Crippen LogP contribution in [0.25, 0.3) is 0 Å². The predicted octanol–water partition coefficient (Wildman–Crippen LogP) is 3.88. The number of halogens is 2. The maximum absolute atomic E-state index is 13.2. The molecular weight excluding hydrogens is 367 g/mol.